The molecule has 0 aromatic carbocycles. The Bertz CT molecular complexity index is 346. The van der Waals surface area contributed by atoms with Crippen molar-refractivity contribution in [2.75, 3.05) is 6.54 Å². The summed E-state index contributed by atoms with van der Waals surface area (Å²) in [6.07, 6.45) is 4.40. The van der Waals surface area contributed by atoms with Crippen molar-refractivity contribution in [3.05, 3.63) is 23.7 Å². The number of carbonyl (C=O) groups is 1. The first kappa shape index (κ1) is 10.2. The van der Waals surface area contributed by atoms with Crippen molar-refractivity contribution in [2.24, 2.45) is 5.73 Å². The van der Waals surface area contributed by atoms with Gasteiger partial charge in [-0.1, -0.05) is 0 Å². The predicted molar refractivity (Wildman–Crippen MR) is 55.9 cm³/mol. The zero-order chi connectivity index (χ0) is 10.7. The number of hydrogen-bond donors (Lipinski definition) is 1. The van der Waals surface area contributed by atoms with E-state index in [1.165, 1.54) is 0 Å². The Morgan fingerprint density at radius 3 is 3.07 bits per heavy atom. The normalized spacial score (nSPS) is 17.1. The molecule has 1 saturated heterocycles. The third-order valence-corrected chi connectivity index (χ3v) is 2.81. The average Bonchev–Trinajstić information content (AvgIpc) is 2.69. The van der Waals surface area contributed by atoms with Gasteiger partial charge < -0.3 is 15.1 Å². The summed E-state index contributed by atoms with van der Waals surface area (Å²) in [5, 5.41) is 0. The van der Waals surface area contributed by atoms with Crippen LogP contribution in [0.2, 0.25) is 0 Å². The van der Waals surface area contributed by atoms with E-state index in [0.717, 1.165) is 30.7 Å². The number of hydrogen-bond acceptors (Lipinski definition) is 3. The van der Waals surface area contributed by atoms with Crippen molar-refractivity contribution >= 4 is 5.91 Å². The number of nitrogens with two attached hydrogens (primary N) is 1. The van der Waals surface area contributed by atoms with E-state index in [4.69, 9.17) is 10.2 Å². The van der Waals surface area contributed by atoms with E-state index >= 15 is 0 Å². The third kappa shape index (κ3) is 2.21. The molecule has 15 heavy (non-hydrogen) atoms. The van der Waals surface area contributed by atoms with Gasteiger partial charge in [-0.25, -0.2) is 0 Å². The number of nitrogens with zero attached hydrogens (tertiary/aromatic N) is 1. The number of piperidine rings is 1. The zero-order valence-corrected chi connectivity index (χ0v) is 8.74. The third-order valence-electron chi connectivity index (χ3n) is 2.81. The molecule has 0 aliphatic carbocycles. The molecule has 1 aromatic rings. The number of rotatable bonds is 3. The maximum atomic E-state index is 11.6. The van der Waals surface area contributed by atoms with Crippen LogP contribution in [0.15, 0.2) is 16.7 Å². The molecule has 0 unspecified atom stereocenters. The number of carbonyl (C=O) groups excluding carboxylic acids is 1. The Labute approximate surface area is 89.0 Å². The second-order valence-electron chi connectivity index (χ2n) is 3.85. The van der Waals surface area contributed by atoms with Crippen LogP contribution in [0.1, 0.15) is 30.6 Å². The molecule has 0 radical (unpaired) electrons. The molecule has 4 heteroatoms. The summed E-state index contributed by atoms with van der Waals surface area (Å²) in [5.41, 5.74) is 6.57. The van der Waals surface area contributed by atoms with Crippen molar-refractivity contribution in [1.29, 1.82) is 0 Å². The van der Waals surface area contributed by atoms with E-state index in [1.807, 2.05) is 11.0 Å². The number of amides is 1. The molecule has 2 rings (SSSR count). The van der Waals surface area contributed by atoms with Crippen LogP contribution in [0.3, 0.4) is 0 Å². The highest BCUT2D eigenvalue weighted by Crippen LogP contribution is 2.17. The van der Waals surface area contributed by atoms with Crippen molar-refractivity contribution in [3.63, 3.8) is 0 Å². The molecule has 1 aromatic heterocycles. The highest BCUT2D eigenvalue weighted by Gasteiger charge is 2.20. The van der Waals surface area contributed by atoms with Crippen LogP contribution < -0.4 is 5.73 Å². The number of likely N-dealkylation sites (tertiary alicyclic amines) is 1. The van der Waals surface area contributed by atoms with Gasteiger partial charge in [0.2, 0.25) is 5.91 Å². The molecule has 2 N–H and O–H groups in total. The summed E-state index contributed by atoms with van der Waals surface area (Å²) in [6, 6.07) is 1.86. The maximum Gasteiger partial charge on any atom is 0.222 e. The van der Waals surface area contributed by atoms with Gasteiger partial charge in [0.05, 0.1) is 12.8 Å². The molecule has 2 heterocycles. The van der Waals surface area contributed by atoms with Gasteiger partial charge in [0.25, 0.3) is 0 Å². The fourth-order valence-electron chi connectivity index (χ4n) is 1.89. The Kier molecular flexibility index (Phi) is 3.06. The van der Waals surface area contributed by atoms with Gasteiger partial charge in [-0.2, -0.15) is 0 Å². The lowest BCUT2D eigenvalue weighted by Crippen LogP contribution is -2.34. The van der Waals surface area contributed by atoms with Crippen LogP contribution in [-0.4, -0.2) is 17.4 Å². The van der Waals surface area contributed by atoms with Crippen molar-refractivity contribution in [3.8, 4) is 0 Å². The molecular formula is C11H16N2O2. The molecule has 0 atom stereocenters. The largest absolute Gasteiger partial charge is 0.467 e. The first-order valence-electron chi connectivity index (χ1n) is 5.34. The van der Waals surface area contributed by atoms with E-state index in [0.29, 0.717) is 19.5 Å². The van der Waals surface area contributed by atoms with Gasteiger partial charge >= 0.3 is 0 Å². The van der Waals surface area contributed by atoms with E-state index < -0.39 is 0 Å². The summed E-state index contributed by atoms with van der Waals surface area (Å²) in [6.45, 7) is 1.87. The van der Waals surface area contributed by atoms with E-state index in [9.17, 15) is 4.79 Å². The van der Waals surface area contributed by atoms with E-state index in [2.05, 4.69) is 0 Å². The van der Waals surface area contributed by atoms with Crippen LogP contribution in [0, 0.1) is 0 Å². The van der Waals surface area contributed by atoms with Crippen molar-refractivity contribution in [2.45, 2.75) is 32.4 Å². The monoisotopic (exact) mass is 208 g/mol. The molecule has 82 valence electrons. The standard InChI is InChI=1S/C11H16N2O2/c12-7-9-4-6-15-10(9)8-13-5-2-1-3-11(13)14/h4,6H,1-3,5,7-8,12H2. The molecule has 0 spiro atoms. The summed E-state index contributed by atoms with van der Waals surface area (Å²) < 4.78 is 5.33. The Morgan fingerprint density at radius 2 is 2.33 bits per heavy atom. The molecule has 1 aliphatic heterocycles. The minimum absolute atomic E-state index is 0.223. The molecule has 0 saturated carbocycles. The fourth-order valence-corrected chi connectivity index (χ4v) is 1.89. The van der Waals surface area contributed by atoms with Gasteiger partial charge in [0.15, 0.2) is 0 Å². The summed E-state index contributed by atoms with van der Waals surface area (Å²) >= 11 is 0. The van der Waals surface area contributed by atoms with Gasteiger partial charge in [-0.05, 0) is 18.9 Å². The smallest absolute Gasteiger partial charge is 0.222 e. The lowest BCUT2D eigenvalue weighted by atomic mass is 10.1. The van der Waals surface area contributed by atoms with Gasteiger partial charge in [-0.3, -0.25) is 4.79 Å². The lowest BCUT2D eigenvalue weighted by molar-refractivity contribution is -0.134. The van der Waals surface area contributed by atoms with Crippen molar-refractivity contribution < 1.29 is 9.21 Å². The minimum atomic E-state index is 0.223. The van der Waals surface area contributed by atoms with Crippen LogP contribution >= 0.6 is 0 Å². The first-order chi connectivity index (χ1) is 7.31. The summed E-state index contributed by atoms with van der Waals surface area (Å²) in [7, 11) is 0. The van der Waals surface area contributed by atoms with Gasteiger partial charge in [0, 0.05) is 25.1 Å². The second-order valence-corrected chi connectivity index (χ2v) is 3.85. The van der Waals surface area contributed by atoms with Crippen LogP contribution in [0.25, 0.3) is 0 Å². The quantitative estimate of drug-likeness (QED) is 0.813. The topological polar surface area (TPSA) is 59.5 Å². The number of furan rings is 1. The lowest BCUT2D eigenvalue weighted by Gasteiger charge is -2.26. The van der Waals surface area contributed by atoms with Gasteiger partial charge in [0.1, 0.15) is 5.76 Å². The highest BCUT2D eigenvalue weighted by molar-refractivity contribution is 5.76. The maximum absolute atomic E-state index is 11.6. The summed E-state index contributed by atoms with van der Waals surface area (Å²) in [5.74, 6) is 1.05. The predicted octanol–water partition coefficient (Wildman–Crippen LogP) is 1.25. The van der Waals surface area contributed by atoms with Crippen LogP contribution in [0.4, 0.5) is 0 Å². The van der Waals surface area contributed by atoms with Gasteiger partial charge in [-0.15, -0.1) is 0 Å². The minimum Gasteiger partial charge on any atom is -0.467 e. The fraction of sp³-hybridized carbons (Fsp3) is 0.545. The Balaban J connectivity index is 2.04. The SMILES string of the molecule is NCc1ccoc1CN1CCCCC1=O. The molecule has 1 fully saturated rings. The molecule has 1 amide bonds. The molecule has 4 nitrogen and oxygen atoms in total. The Morgan fingerprint density at radius 1 is 1.47 bits per heavy atom. The van der Waals surface area contributed by atoms with Crippen LogP contribution in [-0.2, 0) is 17.9 Å². The zero-order valence-electron chi connectivity index (χ0n) is 8.74. The van der Waals surface area contributed by atoms with E-state index in [1.54, 1.807) is 6.26 Å². The highest BCUT2D eigenvalue weighted by atomic mass is 16.3. The average molecular weight is 208 g/mol. The van der Waals surface area contributed by atoms with E-state index in [-0.39, 0.29) is 5.91 Å². The summed E-state index contributed by atoms with van der Waals surface area (Å²) in [4.78, 5) is 13.4. The molecular weight excluding hydrogens is 192 g/mol. The molecule has 1 aliphatic rings. The van der Waals surface area contributed by atoms with Crippen LogP contribution in [0.5, 0.6) is 0 Å². The second kappa shape index (κ2) is 4.49. The molecule has 0 bridgehead atoms. The van der Waals surface area contributed by atoms with Crippen molar-refractivity contribution in [1.82, 2.24) is 4.90 Å². The Hall–Kier alpha value is -1.29. The first-order valence-corrected chi connectivity index (χ1v) is 5.34.